The molecule has 1 rings (SSSR count). The normalized spacial score (nSPS) is 10.0. The van der Waals surface area contributed by atoms with Gasteiger partial charge in [0.2, 0.25) is 0 Å². The highest BCUT2D eigenvalue weighted by Gasteiger charge is 2.12. The van der Waals surface area contributed by atoms with Gasteiger partial charge in [0.1, 0.15) is 0 Å². The predicted octanol–water partition coefficient (Wildman–Crippen LogP) is 2.64. The summed E-state index contributed by atoms with van der Waals surface area (Å²) in [6.07, 6.45) is 0. The molecule has 0 aromatic carbocycles. The lowest BCUT2D eigenvalue weighted by atomic mass is 10.2. The van der Waals surface area contributed by atoms with Gasteiger partial charge < -0.3 is 4.74 Å². The van der Waals surface area contributed by atoms with Gasteiger partial charge in [-0.15, -0.1) is 0 Å². The average Bonchev–Trinajstić information content (AvgIpc) is 2.11. The summed E-state index contributed by atoms with van der Waals surface area (Å²) in [4.78, 5) is 15.7. The lowest BCUT2D eigenvalue weighted by Gasteiger charge is -2.06. The number of halogens is 1. The van der Waals surface area contributed by atoms with E-state index < -0.39 is 0 Å². The van der Waals surface area contributed by atoms with Crippen molar-refractivity contribution in [1.82, 2.24) is 4.98 Å². The Morgan fingerprint density at radius 2 is 2.14 bits per heavy atom. The minimum atomic E-state index is -0.321. The number of aromatic nitrogens is 1. The van der Waals surface area contributed by atoms with Crippen LogP contribution < -0.4 is 0 Å². The Kier molecular flexibility index (Phi) is 3.63. The van der Waals surface area contributed by atoms with Crippen LogP contribution in [0.15, 0.2) is 10.5 Å². The van der Waals surface area contributed by atoms with E-state index in [9.17, 15) is 4.79 Å². The molecule has 4 heteroatoms. The maximum absolute atomic E-state index is 11.4. The zero-order valence-electron chi connectivity index (χ0n) is 8.43. The van der Waals surface area contributed by atoms with E-state index in [2.05, 4.69) is 20.9 Å². The zero-order valence-corrected chi connectivity index (χ0v) is 10.0. The standard InChI is InChI=1S/C10H12BrNO2/c1-4-14-10(13)8-5-9(11)7(3)12-6(8)2/h5H,4H2,1-3H3. The molecule has 0 saturated carbocycles. The van der Waals surface area contributed by atoms with E-state index >= 15 is 0 Å². The molecule has 0 radical (unpaired) electrons. The summed E-state index contributed by atoms with van der Waals surface area (Å²) in [6.45, 7) is 5.84. The van der Waals surface area contributed by atoms with Crippen LogP contribution in [0.2, 0.25) is 0 Å². The smallest absolute Gasteiger partial charge is 0.340 e. The van der Waals surface area contributed by atoms with Gasteiger partial charge in [-0.25, -0.2) is 4.79 Å². The molecule has 1 aromatic rings. The summed E-state index contributed by atoms with van der Waals surface area (Å²) in [5.41, 5.74) is 2.09. The number of carbonyl (C=O) groups is 1. The molecular weight excluding hydrogens is 246 g/mol. The summed E-state index contributed by atoms with van der Waals surface area (Å²) in [5.74, 6) is -0.321. The maximum atomic E-state index is 11.4. The number of hydrogen-bond acceptors (Lipinski definition) is 3. The molecular formula is C10H12BrNO2. The van der Waals surface area contributed by atoms with Crippen LogP contribution in [0.3, 0.4) is 0 Å². The van der Waals surface area contributed by atoms with Crippen molar-refractivity contribution in [2.75, 3.05) is 6.61 Å². The molecule has 1 heterocycles. The lowest BCUT2D eigenvalue weighted by Crippen LogP contribution is -2.08. The summed E-state index contributed by atoms with van der Waals surface area (Å²) in [5, 5.41) is 0. The first-order chi connectivity index (χ1) is 6.56. The highest BCUT2D eigenvalue weighted by atomic mass is 79.9. The SMILES string of the molecule is CCOC(=O)c1cc(Br)c(C)nc1C. The quantitative estimate of drug-likeness (QED) is 0.765. The van der Waals surface area contributed by atoms with E-state index in [4.69, 9.17) is 4.74 Å². The van der Waals surface area contributed by atoms with Crippen LogP contribution in [0.25, 0.3) is 0 Å². The van der Waals surface area contributed by atoms with Crippen molar-refractivity contribution in [2.45, 2.75) is 20.8 Å². The molecule has 0 saturated heterocycles. The topological polar surface area (TPSA) is 39.2 Å². The van der Waals surface area contributed by atoms with Crippen molar-refractivity contribution in [3.8, 4) is 0 Å². The minimum Gasteiger partial charge on any atom is -0.462 e. The van der Waals surface area contributed by atoms with Crippen LogP contribution in [0.1, 0.15) is 28.7 Å². The molecule has 3 nitrogen and oxygen atoms in total. The predicted molar refractivity (Wildman–Crippen MR) is 57.4 cm³/mol. The summed E-state index contributed by atoms with van der Waals surface area (Å²) in [6, 6.07) is 1.75. The van der Waals surface area contributed by atoms with Crippen molar-refractivity contribution >= 4 is 21.9 Å². The molecule has 1 aromatic heterocycles. The fourth-order valence-electron chi connectivity index (χ4n) is 1.12. The van der Waals surface area contributed by atoms with E-state index in [1.807, 2.05) is 6.92 Å². The van der Waals surface area contributed by atoms with E-state index in [-0.39, 0.29) is 5.97 Å². The first kappa shape index (κ1) is 11.2. The molecule has 0 N–H and O–H groups in total. The molecule has 0 aliphatic rings. The number of aryl methyl sites for hydroxylation is 2. The number of rotatable bonds is 2. The van der Waals surface area contributed by atoms with Gasteiger partial charge in [0.15, 0.2) is 0 Å². The summed E-state index contributed by atoms with van der Waals surface area (Å²) in [7, 11) is 0. The second-order valence-corrected chi connectivity index (χ2v) is 3.76. The molecule has 0 amide bonds. The Hall–Kier alpha value is -0.900. The van der Waals surface area contributed by atoms with Gasteiger partial charge in [-0.1, -0.05) is 0 Å². The van der Waals surface area contributed by atoms with Crippen LogP contribution in [0, 0.1) is 13.8 Å². The largest absolute Gasteiger partial charge is 0.462 e. The Morgan fingerprint density at radius 1 is 1.50 bits per heavy atom. The second kappa shape index (κ2) is 4.55. The van der Waals surface area contributed by atoms with Gasteiger partial charge in [-0.05, 0) is 42.8 Å². The molecule has 0 bridgehead atoms. The fourth-order valence-corrected chi connectivity index (χ4v) is 1.43. The van der Waals surface area contributed by atoms with Gasteiger partial charge in [0, 0.05) is 4.47 Å². The van der Waals surface area contributed by atoms with Crippen LogP contribution in [0.4, 0.5) is 0 Å². The Balaban J connectivity index is 3.09. The first-order valence-corrected chi connectivity index (χ1v) is 5.16. The molecule has 0 atom stereocenters. The summed E-state index contributed by atoms with van der Waals surface area (Å²) < 4.78 is 5.73. The third-order valence-corrected chi connectivity index (χ3v) is 2.64. The first-order valence-electron chi connectivity index (χ1n) is 4.37. The molecule has 0 unspecified atom stereocenters. The van der Waals surface area contributed by atoms with E-state index in [1.54, 1.807) is 19.9 Å². The number of nitrogens with zero attached hydrogens (tertiary/aromatic N) is 1. The number of ether oxygens (including phenoxy) is 1. The Labute approximate surface area is 91.6 Å². The molecule has 0 aliphatic carbocycles. The van der Waals surface area contributed by atoms with Crippen LogP contribution in [-0.4, -0.2) is 17.6 Å². The Morgan fingerprint density at radius 3 is 2.71 bits per heavy atom. The lowest BCUT2D eigenvalue weighted by molar-refractivity contribution is 0.0525. The number of hydrogen-bond donors (Lipinski definition) is 0. The fraction of sp³-hybridized carbons (Fsp3) is 0.400. The molecule has 14 heavy (non-hydrogen) atoms. The van der Waals surface area contributed by atoms with Crippen molar-refractivity contribution in [3.05, 3.63) is 27.5 Å². The van der Waals surface area contributed by atoms with Gasteiger partial charge in [0.05, 0.1) is 23.6 Å². The van der Waals surface area contributed by atoms with Crippen LogP contribution in [-0.2, 0) is 4.74 Å². The summed E-state index contributed by atoms with van der Waals surface area (Å²) >= 11 is 3.33. The van der Waals surface area contributed by atoms with E-state index in [0.717, 1.165) is 10.2 Å². The van der Waals surface area contributed by atoms with Gasteiger partial charge in [-0.2, -0.15) is 0 Å². The monoisotopic (exact) mass is 257 g/mol. The number of esters is 1. The van der Waals surface area contributed by atoms with Gasteiger partial charge in [-0.3, -0.25) is 4.98 Å². The maximum Gasteiger partial charge on any atom is 0.340 e. The van der Waals surface area contributed by atoms with Crippen molar-refractivity contribution < 1.29 is 9.53 Å². The minimum absolute atomic E-state index is 0.321. The third kappa shape index (κ3) is 2.32. The number of carbonyl (C=O) groups excluding carboxylic acids is 1. The van der Waals surface area contributed by atoms with Crippen molar-refractivity contribution in [3.63, 3.8) is 0 Å². The van der Waals surface area contributed by atoms with Crippen molar-refractivity contribution in [2.24, 2.45) is 0 Å². The molecule has 0 fully saturated rings. The van der Waals surface area contributed by atoms with E-state index in [0.29, 0.717) is 17.9 Å². The van der Waals surface area contributed by atoms with Crippen molar-refractivity contribution in [1.29, 1.82) is 0 Å². The van der Waals surface area contributed by atoms with Gasteiger partial charge >= 0.3 is 5.97 Å². The average molecular weight is 258 g/mol. The Bertz CT molecular complexity index is 363. The highest BCUT2D eigenvalue weighted by molar-refractivity contribution is 9.10. The zero-order chi connectivity index (χ0) is 10.7. The molecule has 0 aliphatic heterocycles. The third-order valence-electron chi connectivity index (χ3n) is 1.84. The van der Waals surface area contributed by atoms with Gasteiger partial charge in [0.25, 0.3) is 0 Å². The molecule has 76 valence electrons. The number of pyridine rings is 1. The van der Waals surface area contributed by atoms with Crippen LogP contribution in [0.5, 0.6) is 0 Å². The molecule has 0 spiro atoms. The highest BCUT2D eigenvalue weighted by Crippen LogP contribution is 2.18. The second-order valence-electron chi connectivity index (χ2n) is 2.91. The van der Waals surface area contributed by atoms with Crippen LogP contribution >= 0.6 is 15.9 Å². The van der Waals surface area contributed by atoms with E-state index in [1.165, 1.54) is 0 Å².